The Labute approximate surface area is 107 Å². The highest BCUT2D eigenvalue weighted by molar-refractivity contribution is 7.89. The monoisotopic (exact) mass is 277 g/mol. The van der Waals surface area contributed by atoms with E-state index >= 15 is 0 Å². The summed E-state index contributed by atoms with van der Waals surface area (Å²) in [5.41, 5.74) is 0.956. The lowest BCUT2D eigenvalue weighted by molar-refractivity contribution is 0.270. The van der Waals surface area contributed by atoms with E-state index in [1.807, 2.05) is 13.0 Å². The van der Waals surface area contributed by atoms with Crippen molar-refractivity contribution in [2.75, 3.05) is 12.4 Å². The Hall–Kier alpha value is -0.780. The molecule has 1 unspecified atom stereocenters. The number of aryl methyl sites for hydroxylation is 1. The Balaban J connectivity index is 2.58. The summed E-state index contributed by atoms with van der Waals surface area (Å²) in [5, 5.41) is 5.54. The summed E-state index contributed by atoms with van der Waals surface area (Å²) in [7, 11) is -3.45. The van der Waals surface area contributed by atoms with E-state index < -0.39 is 10.0 Å². The van der Waals surface area contributed by atoms with Crippen molar-refractivity contribution < 1.29 is 13.2 Å². The summed E-state index contributed by atoms with van der Waals surface area (Å²) in [5.74, 6) is 0.411. The SMILES string of the molecule is Cc1ccc(Cl)cc1OCC(C)CS(N)(=O)=O. The number of ether oxygens (including phenoxy) is 1. The Morgan fingerprint density at radius 3 is 2.71 bits per heavy atom. The molecule has 0 heterocycles. The van der Waals surface area contributed by atoms with E-state index in [9.17, 15) is 8.42 Å². The summed E-state index contributed by atoms with van der Waals surface area (Å²) in [4.78, 5) is 0. The molecule has 0 aromatic heterocycles. The number of sulfonamides is 1. The molecule has 0 radical (unpaired) electrons. The molecule has 1 rings (SSSR count). The van der Waals surface area contributed by atoms with Gasteiger partial charge in [-0.3, -0.25) is 0 Å². The van der Waals surface area contributed by atoms with E-state index in [4.69, 9.17) is 21.5 Å². The number of nitrogens with two attached hydrogens (primary N) is 1. The maximum Gasteiger partial charge on any atom is 0.209 e. The first kappa shape index (κ1) is 14.3. The topological polar surface area (TPSA) is 69.4 Å². The van der Waals surface area contributed by atoms with Gasteiger partial charge in [0.1, 0.15) is 5.75 Å². The molecule has 4 nitrogen and oxygen atoms in total. The zero-order valence-electron chi connectivity index (χ0n) is 9.81. The van der Waals surface area contributed by atoms with Crippen LogP contribution in [0.5, 0.6) is 5.75 Å². The van der Waals surface area contributed by atoms with Gasteiger partial charge in [-0.15, -0.1) is 0 Å². The second-order valence-corrected chi connectivity index (χ2v) is 6.25. The zero-order valence-corrected chi connectivity index (χ0v) is 11.4. The predicted octanol–water partition coefficient (Wildman–Crippen LogP) is 1.95. The lowest BCUT2D eigenvalue weighted by atomic mass is 10.2. The molecule has 0 bridgehead atoms. The fourth-order valence-corrected chi connectivity index (χ4v) is 2.46. The molecular formula is C11H16ClNO3S. The normalized spacial score (nSPS) is 13.4. The summed E-state index contributed by atoms with van der Waals surface area (Å²) in [6.45, 7) is 3.96. The molecule has 0 spiro atoms. The van der Waals surface area contributed by atoms with Gasteiger partial charge >= 0.3 is 0 Å². The summed E-state index contributed by atoms with van der Waals surface area (Å²) in [6, 6.07) is 5.33. The van der Waals surface area contributed by atoms with Crippen LogP contribution in [0.4, 0.5) is 0 Å². The van der Waals surface area contributed by atoms with Crippen molar-refractivity contribution in [1.82, 2.24) is 0 Å². The van der Waals surface area contributed by atoms with Crippen LogP contribution in [0.15, 0.2) is 18.2 Å². The fraction of sp³-hybridized carbons (Fsp3) is 0.455. The average molecular weight is 278 g/mol. The number of hydrogen-bond donors (Lipinski definition) is 1. The molecule has 1 atom stereocenters. The maximum absolute atomic E-state index is 10.9. The van der Waals surface area contributed by atoms with E-state index in [1.54, 1.807) is 19.1 Å². The molecule has 0 aliphatic heterocycles. The van der Waals surface area contributed by atoms with Crippen molar-refractivity contribution in [2.24, 2.45) is 11.1 Å². The second-order valence-electron chi connectivity index (χ2n) is 4.16. The molecule has 96 valence electrons. The van der Waals surface area contributed by atoms with E-state index in [0.29, 0.717) is 10.8 Å². The molecule has 0 aliphatic rings. The van der Waals surface area contributed by atoms with Crippen LogP contribution in [0.1, 0.15) is 12.5 Å². The van der Waals surface area contributed by atoms with Crippen LogP contribution in [0.25, 0.3) is 0 Å². The molecule has 1 aromatic carbocycles. The van der Waals surface area contributed by atoms with E-state index in [0.717, 1.165) is 5.56 Å². The molecule has 6 heteroatoms. The number of rotatable bonds is 5. The van der Waals surface area contributed by atoms with Gasteiger partial charge in [-0.2, -0.15) is 0 Å². The summed E-state index contributed by atoms with van der Waals surface area (Å²) >= 11 is 5.84. The first-order valence-electron chi connectivity index (χ1n) is 5.17. The largest absolute Gasteiger partial charge is 0.493 e. The predicted molar refractivity (Wildman–Crippen MR) is 68.8 cm³/mol. The minimum absolute atomic E-state index is 0.0907. The molecule has 0 saturated heterocycles. The van der Waals surface area contributed by atoms with Crippen molar-refractivity contribution >= 4 is 21.6 Å². The first-order valence-corrected chi connectivity index (χ1v) is 7.26. The first-order chi connectivity index (χ1) is 7.78. The number of halogens is 1. The van der Waals surface area contributed by atoms with Crippen LogP contribution in [-0.2, 0) is 10.0 Å². The van der Waals surface area contributed by atoms with Crippen molar-refractivity contribution in [3.05, 3.63) is 28.8 Å². The third kappa shape index (κ3) is 5.39. The molecule has 0 saturated carbocycles. The van der Waals surface area contributed by atoms with Gasteiger partial charge in [-0.1, -0.05) is 24.6 Å². The lowest BCUT2D eigenvalue weighted by Gasteiger charge is -2.13. The van der Waals surface area contributed by atoms with Gasteiger partial charge in [0, 0.05) is 10.9 Å². The van der Waals surface area contributed by atoms with Crippen molar-refractivity contribution in [1.29, 1.82) is 0 Å². The van der Waals surface area contributed by atoms with Crippen LogP contribution in [0.3, 0.4) is 0 Å². The Kier molecular flexibility index (Phi) is 4.80. The highest BCUT2D eigenvalue weighted by Crippen LogP contribution is 2.23. The third-order valence-electron chi connectivity index (χ3n) is 2.19. The zero-order chi connectivity index (χ0) is 13.1. The Morgan fingerprint density at radius 2 is 2.12 bits per heavy atom. The van der Waals surface area contributed by atoms with Crippen LogP contribution < -0.4 is 9.88 Å². The number of hydrogen-bond acceptors (Lipinski definition) is 3. The molecule has 17 heavy (non-hydrogen) atoms. The number of benzene rings is 1. The standard InChI is InChI=1S/C11H16ClNO3S/c1-8(7-17(13,14)15)6-16-11-5-10(12)4-3-9(11)2/h3-5,8H,6-7H2,1-2H3,(H2,13,14,15). The quantitative estimate of drug-likeness (QED) is 0.894. The molecule has 0 aliphatic carbocycles. The van der Waals surface area contributed by atoms with Gasteiger partial charge in [0.05, 0.1) is 12.4 Å². The highest BCUT2D eigenvalue weighted by Gasteiger charge is 2.12. The number of primary sulfonamides is 1. The Morgan fingerprint density at radius 1 is 1.47 bits per heavy atom. The maximum atomic E-state index is 10.9. The molecular weight excluding hydrogens is 262 g/mol. The van der Waals surface area contributed by atoms with Gasteiger partial charge in [-0.05, 0) is 24.6 Å². The van der Waals surface area contributed by atoms with Crippen LogP contribution >= 0.6 is 11.6 Å². The average Bonchev–Trinajstić information content (AvgIpc) is 2.17. The smallest absolute Gasteiger partial charge is 0.209 e. The minimum Gasteiger partial charge on any atom is -0.493 e. The summed E-state index contributed by atoms with van der Waals surface area (Å²) < 4.78 is 27.3. The van der Waals surface area contributed by atoms with Crippen molar-refractivity contribution in [3.8, 4) is 5.75 Å². The molecule has 0 amide bonds. The summed E-state index contributed by atoms with van der Waals surface area (Å²) in [6.07, 6.45) is 0. The van der Waals surface area contributed by atoms with E-state index in [2.05, 4.69) is 0 Å². The fourth-order valence-electron chi connectivity index (χ4n) is 1.41. The van der Waals surface area contributed by atoms with Crippen LogP contribution in [0.2, 0.25) is 5.02 Å². The van der Waals surface area contributed by atoms with Gasteiger partial charge in [0.25, 0.3) is 0 Å². The Bertz CT molecular complexity index is 487. The van der Waals surface area contributed by atoms with Crippen LogP contribution in [-0.4, -0.2) is 20.8 Å². The van der Waals surface area contributed by atoms with Gasteiger partial charge in [0.15, 0.2) is 0 Å². The van der Waals surface area contributed by atoms with Gasteiger partial charge in [0.2, 0.25) is 10.0 Å². The van der Waals surface area contributed by atoms with E-state index in [-0.39, 0.29) is 18.3 Å². The minimum atomic E-state index is -3.45. The molecule has 1 aromatic rings. The second kappa shape index (κ2) is 5.71. The van der Waals surface area contributed by atoms with Gasteiger partial charge in [-0.25, -0.2) is 13.6 Å². The van der Waals surface area contributed by atoms with Crippen molar-refractivity contribution in [3.63, 3.8) is 0 Å². The molecule has 2 N–H and O–H groups in total. The van der Waals surface area contributed by atoms with Gasteiger partial charge < -0.3 is 4.74 Å². The molecule has 0 fully saturated rings. The lowest BCUT2D eigenvalue weighted by Crippen LogP contribution is -2.25. The van der Waals surface area contributed by atoms with Crippen molar-refractivity contribution in [2.45, 2.75) is 13.8 Å². The van der Waals surface area contributed by atoms with E-state index in [1.165, 1.54) is 0 Å². The third-order valence-corrected chi connectivity index (χ3v) is 3.46. The highest BCUT2D eigenvalue weighted by atomic mass is 35.5. The van der Waals surface area contributed by atoms with Crippen LogP contribution in [0, 0.1) is 12.8 Å².